The molecule has 0 aromatic carbocycles. The number of aromatic nitrogens is 2. The van der Waals surface area contributed by atoms with Gasteiger partial charge in [-0.2, -0.15) is 13.2 Å². The standard InChI is InChI=1S/C23H29F3N4O4S2/c1-4-36(32,33)16-7-5-14(27-10-16)9-19(31)28-22-29-20-17(35-22)12-30(21(20)13(2)3)11-15-6-8-18(34-15)23(24,25)26/h5,7,10,13,15,18,21H,4,6,8-9,11-12H2,1-3H3,(H,28,29,31)/t15-,18+,21-/m0/s1. The van der Waals surface area contributed by atoms with Crippen molar-refractivity contribution >= 4 is 32.2 Å². The van der Waals surface area contributed by atoms with Crippen molar-refractivity contribution in [2.24, 2.45) is 5.92 Å². The van der Waals surface area contributed by atoms with Crippen molar-refractivity contribution in [2.75, 3.05) is 17.6 Å². The summed E-state index contributed by atoms with van der Waals surface area (Å²) in [5.41, 5.74) is 1.27. The van der Waals surface area contributed by atoms with Gasteiger partial charge >= 0.3 is 6.18 Å². The minimum atomic E-state index is -4.34. The molecule has 1 amide bonds. The average Bonchev–Trinajstić information content (AvgIpc) is 3.48. The Morgan fingerprint density at radius 3 is 2.64 bits per heavy atom. The molecule has 4 rings (SSSR count). The van der Waals surface area contributed by atoms with Gasteiger partial charge < -0.3 is 10.1 Å². The highest BCUT2D eigenvalue weighted by Gasteiger charge is 2.46. The molecule has 13 heteroatoms. The van der Waals surface area contributed by atoms with E-state index in [2.05, 4.69) is 20.2 Å². The minimum absolute atomic E-state index is 0.0173. The Morgan fingerprint density at radius 2 is 2.06 bits per heavy atom. The topological polar surface area (TPSA) is 101 Å². The number of hydrogen-bond donors (Lipinski definition) is 1. The molecule has 1 saturated heterocycles. The summed E-state index contributed by atoms with van der Waals surface area (Å²) in [5, 5.41) is 3.24. The molecular weight excluding hydrogens is 517 g/mol. The summed E-state index contributed by atoms with van der Waals surface area (Å²) >= 11 is 1.35. The van der Waals surface area contributed by atoms with E-state index in [0.717, 1.165) is 10.6 Å². The lowest BCUT2D eigenvalue weighted by Crippen LogP contribution is -2.35. The first kappa shape index (κ1) is 27.0. The number of ether oxygens (including phenoxy) is 1. The summed E-state index contributed by atoms with van der Waals surface area (Å²) in [5.74, 6) is -0.185. The fourth-order valence-corrected chi connectivity index (χ4v) is 6.53. The van der Waals surface area contributed by atoms with Gasteiger partial charge in [-0.3, -0.25) is 14.7 Å². The monoisotopic (exact) mass is 546 g/mol. The number of carbonyl (C=O) groups is 1. The number of rotatable bonds is 8. The Labute approximate surface area is 212 Å². The van der Waals surface area contributed by atoms with E-state index in [9.17, 15) is 26.4 Å². The first-order valence-electron chi connectivity index (χ1n) is 11.8. The highest BCUT2D eigenvalue weighted by molar-refractivity contribution is 7.91. The van der Waals surface area contributed by atoms with Crippen LogP contribution >= 0.6 is 11.3 Å². The second kappa shape index (κ2) is 10.3. The van der Waals surface area contributed by atoms with Gasteiger partial charge in [-0.1, -0.05) is 20.8 Å². The number of anilines is 1. The van der Waals surface area contributed by atoms with E-state index in [1.54, 1.807) is 6.92 Å². The third-order valence-electron chi connectivity index (χ3n) is 6.41. The van der Waals surface area contributed by atoms with Crippen LogP contribution in [0.3, 0.4) is 0 Å². The van der Waals surface area contributed by atoms with Crippen molar-refractivity contribution in [3.63, 3.8) is 0 Å². The second-order valence-corrected chi connectivity index (χ2v) is 12.8. The van der Waals surface area contributed by atoms with Crippen LogP contribution in [-0.2, 0) is 32.3 Å². The van der Waals surface area contributed by atoms with Gasteiger partial charge in [0, 0.05) is 29.9 Å². The number of pyridine rings is 1. The van der Waals surface area contributed by atoms with Gasteiger partial charge in [0.15, 0.2) is 21.1 Å². The molecule has 1 fully saturated rings. The van der Waals surface area contributed by atoms with E-state index in [4.69, 9.17) is 4.74 Å². The molecule has 0 unspecified atom stereocenters. The molecule has 4 heterocycles. The molecule has 0 spiro atoms. The van der Waals surface area contributed by atoms with Crippen LogP contribution in [0.15, 0.2) is 23.2 Å². The molecule has 3 atom stereocenters. The number of halogens is 3. The number of nitrogens with zero attached hydrogens (tertiary/aromatic N) is 3. The van der Waals surface area contributed by atoms with Gasteiger partial charge in [-0.05, 0) is 30.9 Å². The van der Waals surface area contributed by atoms with Crippen molar-refractivity contribution < 1.29 is 31.1 Å². The molecule has 198 valence electrons. The summed E-state index contributed by atoms with van der Waals surface area (Å²) in [7, 11) is -3.36. The lowest BCUT2D eigenvalue weighted by Gasteiger charge is -2.30. The molecule has 0 saturated carbocycles. The van der Waals surface area contributed by atoms with Gasteiger partial charge in [0.25, 0.3) is 0 Å². The van der Waals surface area contributed by atoms with Crippen molar-refractivity contribution in [1.82, 2.24) is 14.9 Å². The number of thiazole rings is 1. The van der Waals surface area contributed by atoms with E-state index in [-0.39, 0.29) is 41.4 Å². The number of hydrogen-bond acceptors (Lipinski definition) is 8. The van der Waals surface area contributed by atoms with Crippen LogP contribution in [0.5, 0.6) is 0 Å². The SMILES string of the molecule is CCS(=O)(=O)c1ccc(CC(=O)Nc2nc3c(s2)CN(C[C@@H]2CC[C@H](C(F)(F)F)O2)[C@H]3C(C)C)nc1. The molecule has 2 aliphatic heterocycles. The molecule has 0 bridgehead atoms. The van der Waals surface area contributed by atoms with E-state index in [1.807, 2.05) is 13.8 Å². The second-order valence-electron chi connectivity index (χ2n) is 9.43. The lowest BCUT2D eigenvalue weighted by atomic mass is 10.0. The molecule has 2 aromatic rings. The largest absolute Gasteiger partial charge is 0.414 e. The first-order chi connectivity index (χ1) is 16.9. The molecule has 1 N–H and O–H groups in total. The first-order valence-corrected chi connectivity index (χ1v) is 14.3. The minimum Gasteiger partial charge on any atom is -0.364 e. The third-order valence-corrected chi connectivity index (χ3v) is 9.11. The van der Waals surface area contributed by atoms with Crippen molar-refractivity contribution in [1.29, 1.82) is 0 Å². The smallest absolute Gasteiger partial charge is 0.364 e. The summed E-state index contributed by atoms with van der Waals surface area (Å²) in [6.45, 7) is 6.56. The molecule has 2 aliphatic rings. The molecular formula is C23H29F3N4O4S2. The maximum Gasteiger partial charge on any atom is 0.414 e. The zero-order valence-corrected chi connectivity index (χ0v) is 21.8. The van der Waals surface area contributed by atoms with Crippen LogP contribution < -0.4 is 5.32 Å². The predicted octanol–water partition coefficient (Wildman–Crippen LogP) is 4.14. The lowest BCUT2D eigenvalue weighted by molar-refractivity contribution is -0.216. The maximum atomic E-state index is 13.0. The van der Waals surface area contributed by atoms with Crippen LogP contribution in [0.25, 0.3) is 0 Å². The van der Waals surface area contributed by atoms with Gasteiger partial charge in [0.05, 0.1) is 34.9 Å². The Balaban J connectivity index is 1.37. The number of fused-ring (bicyclic) bond motifs is 1. The van der Waals surface area contributed by atoms with Crippen LogP contribution in [0.4, 0.5) is 18.3 Å². The van der Waals surface area contributed by atoms with Crippen LogP contribution in [0, 0.1) is 5.92 Å². The number of sulfone groups is 1. The molecule has 8 nitrogen and oxygen atoms in total. The van der Waals surface area contributed by atoms with Gasteiger partial charge in [-0.15, -0.1) is 11.3 Å². The van der Waals surface area contributed by atoms with Crippen molar-refractivity contribution in [3.8, 4) is 0 Å². The van der Waals surface area contributed by atoms with Crippen LogP contribution in [0.2, 0.25) is 0 Å². The number of amides is 1. The molecule has 0 radical (unpaired) electrons. The van der Waals surface area contributed by atoms with Gasteiger partial charge in [0.2, 0.25) is 5.91 Å². The average molecular weight is 547 g/mol. The van der Waals surface area contributed by atoms with E-state index in [0.29, 0.717) is 30.3 Å². The molecule has 36 heavy (non-hydrogen) atoms. The van der Waals surface area contributed by atoms with E-state index in [1.165, 1.54) is 29.7 Å². The molecule has 0 aliphatic carbocycles. The van der Waals surface area contributed by atoms with Crippen molar-refractivity contribution in [2.45, 2.75) is 75.9 Å². The maximum absolute atomic E-state index is 13.0. The van der Waals surface area contributed by atoms with E-state index >= 15 is 0 Å². The summed E-state index contributed by atoms with van der Waals surface area (Å²) < 4.78 is 68.0. The third kappa shape index (κ3) is 5.90. The van der Waals surface area contributed by atoms with Gasteiger partial charge in [-0.25, -0.2) is 13.4 Å². The normalized spacial score (nSPS) is 22.8. The zero-order chi connectivity index (χ0) is 26.3. The Bertz CT molecular complexity index is 1200. The Hall–Kier alpha value is -2.09. The summed E-state index contributed by atoms with van der Waals surface area (Å²) in [4.78, 5) is 24.5. The van der Waals surface area contributed by atoms with Crippen LogP contribution in [-0.4, -0.2) is 59.9 Å². The highest BCUT2D eigenvalue weighted by Crippen LogP contribution is 2.43. The number of carbonyl (C=O) groups excluding carboxylic acids is 1. The Kier molecular flexibility index (Phi) is 7.75. The number of alkyl halides is 3. The predicted molar refractivity (Wildman–Crippen MR) is 128 cm³/mol. The van der Waals surface area contributed by atoms with Gasteiger partial charge in [0.1, 0.15) is 0 Å². The quantitative estimate of drug-likeness (QED) is 0.531. The van der Waals surface area contributed by atoms with Crippen LogP contribution in [0.1, 0.15) is 55.9 Å². The van der Waals surface area contributed by atoms with Crippen molar-refractivity contribution in [3.05, 3.63) is 34.6 Å². The van der Waals surface area contributed by atoms with E-state index < -0.39 is 28.2 Å². The zero-order valence-electron chi connectivity index (χ0n) is 20.2. The summed E-state index contributed by atoms with van der Waals surface area (Å²) in [6.07, 6.45) is -4.93. The highest BCUT2D eigenvalue weighted by atomic mass is 32.2. The fourth-order valence-electron chi connectivity index (χ4n) is 4.67. The summed E-state index contributed by atoms with van der Waals surface area (Å²) in [6, 6.07) is 2.88. The Morgan fingerprint density at radius 1 is 1.31 bits per heavy atom. The number of nitrogens with one attached hydrogen (secondary N) is 1. The fraction of sp³-hybridized carbons (Fsp3) is 0.609. The molecule has 2 aromatic heterocycles.